The van der Waals surface area contributed by atoms with Crippen LogP contribution >= 0.6 is 0 Å². The number of nitrogens with zero attached hydrogens (tertiary/aromatic N) is 1. The molecule has 8 nitrogen and oxygen atoms in total. The number of amides is 3. The van der Waals surface area contributed by atoms with Gasteiger partial charge < -0.3 is 25.0 Å². The van der Waals surface area contributed by atoms with Crippen molar-refractivity contribution in [2.45, 2.75) is 72.2 Å². The van der Waals surface area contributed by atoms with Gasteiger partial charge in [0.15, 0.2) is 0 Å². The lowest BCUT2D eigenvalue weighted by Gasteiger charge is -2.38. The molecule has 2 N–H and O–H groups in total. The third kappa shape index (κ3) is 8.27. The lowest BCUT2D eigenvalue weighted by molar-refractivity contribution is -0.143. The van der Waals surface area contributed by atoms with E-state index in [0.717, 1.165) is 0 Å². The first kappa shape index (κ1) is 30.2. The van der Waals surface area contributed by atoms with Gasteiger partial charge in [-0.1, -0.05) is 31.9 Å². The lowest BCUT2D eigenvalue weighted by Crippen LogP contribution is -2.56. The summed E-state index contributed by atoms with van der Waals surface area (Å²) in [5.74, 6) is 2.13. The molecule has 2 unspecified atom stereocenters. The van der Waals surface area contributed by atoms with E-state index in [1.165, 1.54) is 4.90 Å². The molecule has 38 heavy (non-hydrogen) atoms. The molecule has 0 bridgehead atoms. The van der Waals surface area contributed by atoms with E-state index in [4.69, 9.17) is 15.9 Å². The van der Waals surface area contributed by atoms with Crippen LogP contribution < -0.4 is 15.4 Å². The molecule has 8 heteroatoms. The number of alkyl carbamates (subject to hydrolysis) is 1. The topological polar surface area (TPSA) is 97.0 Å². The Balaban J connectivity index is 2.50. The third-order valence-electron chi connectivity index (χ3n) is 5.69. The van der Waals surface area contributed by atoms with E-state index in [1.54, 1.807) is 76.4 Å². The van der Waals surface area contributed by atoms with E-state index in [1.807, 2.05) is 27.7 Å². The van der Waals surface area contributed by atoms with Gasteiger partial charge in [-0.3, -0.25) is 9.59 Å². The molecule has 0 saturated heterocycles. The van der Waals surface area contributed by atoms with Gasteiger partial charge in [0, 0.05) is 17.3 Å². The highest BCUT2D eigenvalue weighted by Crippen LogP contribution is 2.28. The number of carbonyl (C=O) groups excluding carboxylic acids is 3. The van der Waals surface area contributed by atoms with Gasteiger partial charge in [-0.2, -0.15) is 0 Å². The number of ether oxygens (including phenoxy) is 2. The maximum atomic E-state index is 14.0. The fourth-order valence-electron chi connectivity index (χ4n) is 3.87. The summed E-state index contributed by atoms with van der Waals surface area (Å²) >= 11 is 0. The first-order valence-electron chi connectivity index (χ1n) is 12.6. The molecule has 204 valence electrons. The van der Waals surface area contributed by atoms with Gasteiger partial charge in [-0.25, -0.2) is 4.79 Å². The molecule has 0 aliphatic carbocycles. The smallest absolute Gasteiger partial charge is 0.408 e. The van der Waals surface area contributed by atoms with Crippen LogP contribution in [0, 0.1) is 18.3 Å². The molecule has 0 radical (unpaired) electrons. The molecule has 0 spiro atoms. The molecule has 2 atom stereocenters. The zero-order valence-electron chi connectivity index (χ0n) is 23.5. The van der Waals surface area contributed by atoms with Crippen LogP contribution in [0.2, 0.25) is 0 Å². The number of benzene rings is 2. The van der Waals surface area contributed by atoms with Gasteiger partial charge in [0.1, 0.15) is 23.4 Å². The highest BCUT2D eigenvalue weighted by molar-refractivity contribution is 5.99. The summed E-state index contributed by atoms with van der Waals surface area (Å²) in [6.45, 7) is 12.5. The van der Waals surface area contributed by atoms with Crippen LogP contribution in [0.4, 0.5) is 10.5 Å². The average molecular weight is 522 g/mol. The normalized spacial score (nSPS) is 12.8. The molecule has 2 rings (SSSR count). The Morgan fingerprint density at radius 1 is 0.947 bits per heavy atom. The van der Waals surface area contributed by atoms with E-state index in [9.17, 15) is 14.4 Å². The molecule has 3 amide bonds. The van der Waals surface area contributed by atoms with Crippen LogP contribution in [-0.4, -0.2) is 47.6 Å². The Labute approximate surface area is 226 Å². The third-order valence-corrected chi connectivity index (χ3v) is 5.69. The second-order valence-electron chi connectivity index (χ2n) is 10.6. The minimum atomic E-state index is -1.00. The molecule has 0 aliphatic heterocycles. The van der Waals surface area contributed by atoms with Crippen molar-refractivity contribution in [1.29, 1.82) is 0 Å². The minimum Gasteiger partial charge on any atom is -0.497 e. The molecule has 0 heterocycles. The number of hydrogen-bond donors (Lipinski definition) is 2. The summed E-state index contributed by atoms with van der Waals surface area (Å²) in [6.07, 6.45) is 4.82. The van der Waals surface area contributed by atoms with Crippen LogP contribution in [0.25, 0.3) is 0 Å². The Morgan fingerprint density at radius 3 is 1.97 bits per heavy atom. The Bertz CT molecular complexity index is 1140. The maximum Gasteiger partial charge on any atom is 0.408 e. The van der Waals surface area contributed by atoms with Crippen LogP contribution in [-0.2, 0) is 14.3 Å². The second-order valence-corrected chi connectivity index (χ2v) is 10.6. The minimum absolute atomic E-state index is 0.273. The van der Waals surface area contributed by atoms with Gasteiger partial charge in [0.05, 0.1) is 7.11 Å². The van der Waals surface area contributed by atoms with E-state index in [0.29, 0.717) is 22.6 Å². The largest absolute Gasteiger partial charge is 0.497 e. The van der Waals surface area contributed by atoms with Crippen molar-refractivity contribution in [3.05, 3.63) is 59.7 Å². The summed E-state index contributed by atoms with van der Waals surface area (Å²) in [4.78, 5) is 41.9. The predicted octanol–water partition coefficient (Wildman–Crippen LogP) is 5.14. The van der Waals surface area contributed by atoms with Crippen molar-refractivity contribution in [2.75, 3.05) is 12.4 Å². The zero-order chi connectivity index (χ0) is 28.6. The fraction of sp³-hybridized carbons (Fsp3) is 0.433. The molecule has 2 aromatic carbocycles. The van der Waals surface area contributed by atoms with E-state index < -0.39 is 35.6 Å². The zero-order valence-corrected chi connectivity index (χ0v) is 23.5. The molecule has 0 aliphatic rings. The van der Waals surface area contributed by atoms with Crippen molar-refractivity contribution in [3.63, 3.8) is 0 Å². The monoisotopic (exact) mass is 521 g/mol. The van der Waals surface area contributed by atoms with Crippen molar-refractivity contribution < 1.29 is 23.9 Å². The molecular weight excluding hydrogens is 482 g/mol. The highest BCUT2D eigenvalue weighted by atomic mass is 16.6. The van der Waals surface area contributed by atoms with Gasteiger partial charge in [0.2, 0.25) is 5.91 Å². The maximum absolute atomic E-state index is 14.0. The fourth-order valence-corrected chi connectivity index (χ4v) is 3.87. The van der Waals surface area contributed by atoms with Gasteiger partial charge in [-0.05, 0) is 82.5 Å². The van der Waals surface area contributed by atoms with Crippen molar-refractivity contribution in [1.82, 2.24) is 10.2 Å². The first-order valence-corrected chi connectivity index (χ1v) is 12.6. The number of terminal acetylenes is 1. The molecular formula is C30H39N3O5. The molecule has 2 aromatic rings. The van der Waals surface area contributed by atoms with Crippen molar-refractivity contribution in [2.24, 2.45) is 5.92 Å². The van der Waals surface area contributed by atoms with Crippen molar-refractivity contribution >= 4 is 23.6 Å². The van der Waals surface area contributed by atoms with Crippen LogP contribution in [0.1, 0.15) is 65.6 Å². The molecule has 0 fully saturated rings. The van der Waals surface area contributed by atoms with E-state index in [-0.39, 0.29) is 12.0 Å². The first-order chi connectivity index (χ1) is 17.8. The number of carbonyl (C=O) groups is 3. The van der Waals surface area contributed by atoms with Gasteiger partial charge in [-0.15, -0.1) is 6.42 Å². The Hall–Kier alpha value is -3.99. The van der Waals surface area contributed by atoms with Crippen LogP contribution in [0.5, 0.6) is 5.75 Å². The summed E-state index contributed by atoms with van der Waals surface area (Å²) < 4.78 is 10.6. The number of rotatable bonds is 9. The van der Waals surface area contributed by atoms with E-state index >= 15 is 0 Å². The van der Waals surface area contributed by atoms with Crippen LogP contribution in [0.15, 0.2) is 48.5 Å². The summed E-state index contributed by atoms with van der Waals surface area (Å²) in [6, 6.07) is 11.5. The summed E-state index contributed by atoms with van der Waals surface area (Å²) in [5, 5.41) is 5.62. The van der Waals surface area contributed by atoms with Gasteiger partial charge in [0.25, 0.3) is 5.91 Å². The van der Waals surface area contributed by atoms with Gasteiger partial charge >= 0.3 is 6.09 Å². The van der Waals surface area contributed by atoms with Crippen molar-refractivity contribution in [3.8, 4) is 18.1 Å². The highest BCUT2D eigenvalue weighted by Gasteiger charge is 2.39. The second kappa shape index (κ2) is 13.0. The predicted molar refractivity (Wildman–Crippen MR) is 149 cm³/mol. The number of methoxy groups -OCH3 is 1. The van der Waals surface area contributed by atoms with E-state index in [2.05, 4.69) is 16.6 Å². The summed E-state index contributed by atoms with van der Waals surface area (Å²) in [5.41, 5.74) is 1.05. The Kier molecular flexibility index (Phi) is 10.3. The number of hydrogen-bond acceptors (Lipinski definition) is 5. The Morgan fingerprint density at radius 2 is 1.53 bits per heavy atom. The molecule has 0 saturated carbocycles. The SMILES string of the molecule is C#Cc1ccc(C(C(=O)Nc2ccc(OC)cc2)N(C(=O)C(NC(=O)OC(C)(C)C)C(C)C)C(C)C)cc1. The number of nitrogens with one attached hydrogen (secondary N) is 2. The quantitative estimate of drug-likeness (QED) is 0.445. The lowest BCUT2D eigenvalue weighted by atomic mass is 9.97. The molecule has 0 aromatic heterocycles. The summed E-state index contributed by atoms with van der Waals surface area (Å²) in [7, 11) is 1.56. The van der Waals surface area contributed by atoms with Crippen LogP contribution in [0.3, 0.4) is 0 Å². The average Bonchev–Trinajstić information content (AvgIpc) is 2.84. The number of anilines is 1. The standard InChI is InChI=1S/C30H39N3O5/c1-10-21-11-13-22(14-12-21)26(27(34)31-23-15-17-24(37-9)18-16-23)33(20(4)5)28(35)25(19(2)3)32-29(36)38-30(6,7)8/h1,11-20,25-26H,2-9H3,(H,31,34)(H,32,36).